The number of para-hydroxylation sites is 1. The van der Waals surface area contributed by atoms with Crippen LogP contribution in [0, 0.1) is 0 Å². The molecule has 2 heterocycles. The van der Waals surface area contributed by atoms with Crippen molar-refractivity contribution in [3.05, 3.63) is 69.6 Å². The molecular weight excluding hydrogens is 444 g/mol. The molecule has 7 nitrogen and oxygen atoms in total. The van der Waals surface area contributed by atoms with Crippen molar-refractivity contribution < 1.29 is 13.2 Å². The Morgan fingerprint density at radius 1 is 1.13 bits per heavy atom. The SMILES string of the molecule is O=C(Nc1ccccc1)c1nnc(C2CCCN(S(=O)(=O)c3cccc(Cl)c3)C2)s1. The summed E-state index contributed by atoms with van der Waals surface area (Å²) in [5.74, 6) is -0.437. The van der Waals surface area contributed by atoms with Gasteiger partial charge in [-0.1, -0.05) is 47.2 Å². The van der Waals surface area contributed by atoms with E-state index in [4.69, 9.17) is 11.6 Å². The Balaban J connectivity index is 1.48. The van der Waals surface area contributed by atoms with E-state index in [1.165, 1.54) is 21.7 Å². The number of hydrogen-bond acceptors (Lipinski definition) is 6. The number of carbonyl (C=O) groups is 1. The van der Waals surface area contributed by atoms with E-state index in [1.807, 2.05) is 18.2 Å². The van der Waals surface area contributed by atoms with Crippen LogP contribution in [0.5, 0.6) is 0 Å². The largest absolute Gasteiger partial charge is 0.320 e. The van der Waals surface area contributed by atoms with Gasteiger partial charge in [-0.2, -0.15) is 4.31 Å². The number of nitrogens with one attached hydrogen (secondary N) is 1. The molecule has 1 N–H and O–H groups in total. The lowest BCUT2D eigenvalue weighted by molar-refractivity contribution is 0.102. The minimum atomic E-state index is -3.65. The van der Waals surface area contributed by atoms with Gasteiger partial charge < -0.3 is 5.32 Å². The van der Waals surface area contributed by atoms with E-state index in [1.54, 1.807) is 30.3 Å². The summed E-state index contributed by atoms with van der Waals surface area (Å²) in [7, 11) is -3.65. The van der Waals surface area contributed by atoms with Gasteiger partial charge in [0.15, 0.2) is 0 Å². The Morgan fingerprint density at radius 2 is 1.93 bits per heavy atom. The van der Waals surface area contributed by atoms with Crippen molar-refractivity contribution in [2.75, 3.05) is 18.4 Å². The molecule has 1 unspecified atom stereocenters. The van der Waals surface area contributed by atoms with Crippen LogP contribution in [0.1, 0.15) is 33.6 Å². The first-order chi connectivity index (χ1) is 14.4. The van der Waals surface area contributed by atoms with E-state index in [2.05, 4.69) is 15.5 Å². The van der Waals surface area contributed by atoms with Crippen LogP contribution >= 0.6 is 22.9 Å². The van der Waals surface area contributed by atoms with Crippen molar-refractivity contribution in [2.24, 2.45) is 0 Å². The maximum absolute atomic E-state index is 13.0. The Kier molecular flexibility index (Phi) is 6.14. The molecule has 1 aliphatic rings. The maximum atomic E-state index is 13.0. The standard InChI is InChI=1S/C20H19ClN4O3S2/c21-15-7-4-10-17(12-15)30(27,28)25-11-5-6-14(13-25)19-23-24-20(29-19)18(26)22-16-8-2-1-3-9-16/h1-4,7-10,12,14H,5-6,11,13H2,(H,22,26). The van der Waals surface area contributed by atoms with Crippen LogP contribution in [-0.4, -0.2) is 41.9 Å². The number of piperidine rings is 1. The first-order valence-electron chi connectivity index (χ1n) is 9.39. The van der Waals surface area contributed by atoms with Crippen LogP contribution in [-0.2, 0) is 10.0 Å². The average Bonchev–Trinajstić information content (AvgIpc) is 3.25. The second kappa shape index (κ2) is 8.81. The van der Waals surface area contributed by atoms with E-state index in [0.717, 1.165) is 6.42 Å². The lowest BCUT2D eigenvalue weighted by atomic mass is 10.0. The Morgan fingerprint density at radius 3 is 2.70 bits per heavy atom. The highest BCUT2D eigenvalue weighted by atomic mass is 35.5. The summed E-state index contributed by atoms with van der Waals surface area (Å²) in [6.45, 7) is 0.731. The molecule has 2 aromatic carbocycles. The van der Waals surface area contributed by atoms with Gasteiger partial charge in [0.2, 0.25) is 15.0 Å². The number of amides is 1. The number of hydrogen-bond donors (Lipinski definition) is 1. The van der Waals surface area contributed by atoms with Gasteiger partial charge in [0.05, 0.1) is 4.90 Å². The predicted molar refractivity (Wildman–Crippen MR) is 116 cm³/mol. The zero-order valence-electron chi connectivity index (χ0n) is 15.9. The Bertz CT molecular complexity index is 1150. The third kappa shape index (κ3) is 4.54. The summed E-state index contributed by atoms with van der Waals surface area (Å²) in [6.07, 6.45) is 1.49. The van der Waals surface area contributed by atoms with Crippen molar-refractivity contribution in [2.45, 2.75) is 23.7 Å². The molecule has 4 rings (SSSR count). The van der Waals surface area contributed by atoms with Gasteiger partial charge in [-0.05, 0) is 43.2 Å². The molecule has 1 fully saturated rings. The third-order valence-corrected chi connectivity index (χ3v) is 8.01. The fourth-order valence-electron chi connectivity index (χ4n) is 3.34. The summed E-state index contributed by atoms with van der Waals surface area (Å²) >= 11 is 7.17. The van der Waals surface area contributed by atoms with Gasteiger partial charge in [-0.3, -0.25) is 4.79 Å². The minimum Gasteiger partial charge on any atom is -0.320 e. The molecule has 1 atom stereocenters. The highest BCUT2D eigenvalue weighted by Gasteiger charge is 2.33. The number of rotatable bonds is 5. The summed E-state index contributed by atoms with van der Waals surface area (Å²) < 4.78 is 27.5. The molecule has 0 spiro atoms. The van der Waals surface area contributed by atoms with Crippen molar-refractivity contribution in [3.63, 3.8) is 0 Å². The fourth-order valence-corrected chi connectivity index (χ4v) is 6.03. The van der Waals surface area contributed by atoms with E-state index in [0.29, 0.717) is 35.2 Å². The number of nitrogens with zero attached hydrogens (tertiary/aromatic N) is 3. The zero-order chi connectivity index (χ0) is 21.1. The average molecular weight is 463 g/mol. The van der Waals surface area contributed by atoms with Crippen molar-refractivity contribution >= 4 is 44.6 Å². The van der Waals surface area contributed by atoms with Crippen molar-refractivity contribution in [1.82, 2.24) is 14.5 Å². The highest BCUT2D eigenvalue weighted by Crippen LogP contribution is 2.32. The molecule has 1 saturated heterocycles. The number of anilines is 1. The molecule has 1 aliphatic heterocycles. The van der Waals surface area contributed by atoms with E-state index >= 15 is 0 Å². The van der Waals surface area contributed by atoms with E-state index in [-0.39, 0.29) is 21.7 Å². The van der Waals surface area contributed by atoms with E-state index < -0.39 is 10.0 Å². The maximum Gasteiger partial charge on any atom is 0.286 e. The van der Waals surface area contributed by atoms with Gasteiger partial charge in [-0.15, -0.1) is 10.2 Å². The molecule has 156 valence electrons. The highest BCUT2D eigenvalue weighted by molar-refractivity contribution is 7.89. The van der Waals surface area contributed by atoms with Gasteiger partial charge in [0.1, 0.15) is 5.01 Å². The summed E-state index contributed by atoms with van der Waals surface area (Å²) in [5, 5.41) is 12.3. The summed E-state index contributed by atoms with van der Waals surface area (Å²) in [6, 6.07) is 15.4. The second-order valence-electron chi connectivity index (χ2n) is 6.93. The quantitative estimate of drug-likeness (QED) is 0.618. The lowest BCUT2D eigenvalue weighted by Crippen LogP contribution is -2.39. The van der Waals surface area contributed by atoms with Crippen molar-refractivity contribution in [3.8, 4) is 0 Å². The monoisotopic (exact) mass is 462 g/mol. The first kappa shape index (κ1) is 20.9. The molecule has 1 amide bonds. The normalized spacial score (nSPS) is 17.6. The smallest absolute Gasteiger partial charge is 0.286 e. The van der Waals surface area contributed by atoms with Gasteiger partial charge in [0.25, 0.3) is 5.91 Å². The molecular formula is C20H19ClN4O3S2. The zero-order valence-corrected chi connectivity index (χ0v) is 18.3. The molecule has 0 bridgehead atoms. The van der Waals surface area contributed by atoms with Gasteiger partial charge in [0, 0.05) is 29.7 Å². The molecule has 1 aromatic heterocycles. The van der Waals surface area contributed by atoms with Crippen LogP contribution in [0.2, 0.25) is 5.02 Å². The van der Waals surface area contributed by atoms with Gasteiger partial charge >= 0.3 is 0 Å². The predicted octanol–water partition coefficient (Wildman–Crippen LogP) is 4.01. The number of aromatic nitrogens is 2. The molecule has 30 heavy (non-hydrogen) atoms. The van der Waals surface area contributed by atoms with Crippen LogP contribution in [0.25, 0.3) is 0 Å². The lowest BCUT2D eigenvalue weighted by Gasteiger charge is -2.30. The number of sulfonamides is 1. The van der Waals surface area contributed by atoms with Crippen LogP contribution in [0.15, 0.2) is 59.5 Å². The first-order valence-corrected chi connectivity index (χ1v) is 12.0. The molecule has 10 heteroatoms. The van der Waals surface area contributed by atoms with Crippen LogP contribution in [0.3, 0.4) is 0 Å². The number of benzene rings is 2. The van der Waals surface area contributed by atoms with Crippen LogP contribution in [0.4, 0.5) is 5.69 Å². The number of carbonyl (C=O) groups excluding carboxylic acids is 1. The topological polar surface area (TPSA) is 92.3 Å². The Hall–Kier alpha value is -2.33. The third-order valence-electron chi connectivity index (χ3n) is 4.83. The number of halogens is 1. The molecule has 0 aliphatic carbocycles. The Labute approximate surface area is 183 Å². The second-order valence-corrected chi connectivity index (χ2v) is 10.3. The fraction of sp³-hybridized carbons (Fsp3) is 0.250. The van der Waals surface area contributed by atoms with Crippen molar-refractivity contribution in [1.29, 1.82) is 0 Å². The van der Waals surface area contributed by atoms with Gasteiger partial charge in [-0.25, -0.2) is 8.42 Å². The van der Waals surface area contributed by atoms with E-state index in [9.17, 15) is 13.2 Å². The molecule has 0 radical (unpaired) electrons. The summed E-state index contributed by atoms with van der Waals surface area (Å²) in [4.78, 5) is 12.6. The van der Waals surface area contributed by atoms with Crippen LogP contribution < -0.4 is 5.32 Å². The molecule has 0 saturated carbocycles. The minimum absolute atomic E-state index is 0.108. The summed E-state index contributed by atoms with van der Waals surface area (Å²) in [5.41, 5.74) is 0.677. The molecule has 3 aromatic rings.